The van der Waals surface area contributed by atoms with Gasteiger partial charge in [0.2, 0.25) is 0 Å². The molecule has 0 saturated carbocycles. The van der Waals surface area contributed by atoms with E-state index in [1.165, 1.54) is 17.5 Å². The molecule has 4 aromatic rings. The third kappa shape index (κ3) is 3.36. The standard InChI is InChI=1S/C30H29N5/c1-28(2)23-13-11-19(15-24(23)29(3,4)30(28,5)6)25-14-12-21(17-32-25)26-33-18-34-27(35-26)22-10-8-7-9-20(22)16-31/h7-15,17-18H,1-6H3. The zero-order chi connectivity index (χ0) is 25.0. The molecule has 0 unspecified atom stereocenters. The Kier molecular flexibility index (Phi) is 5.10. The number of benzene rings is 2. The summed E-state index contributed by atoms with van der Waals surface area (Å²) >= 11 is 0. The maximum Gasteiger partial charge on any atom is 0.164 e. The fourth-order valence-corrected chi connectivity index (χ4v) is 5.26. The third-order valence-corrected chi connectivity index (χ3v) is 8.67. The van der Waals surface area contributed by atoms with Crippen molar-refractivity contribution in [2.75, 3.05) is 0 Å². The average molecular weight is 460 g/mol. The molecule has 5 heteroatoms. The molecule has 1 aliphatic rings. The zero-order valence-corrected chi connectivity index (χ0v) is 21.1. The van der Waals surface area contributed by atoms with Crippen molar-refractivity contribution in [3.05, 3.63) is 83.8 Å². The van der Waals surface area contributed by atoms with Gasteiger partial charge in [-0.05, 0) is 57.7 Å². The highest BCUT2D eigenvalue weighted by Crippen LogP contribution is 2.61. The van der Waals surface area contributed by atoms with Gasteiger partial charge >= 0.3 is 0 Å². The minimum absolute atomic E-state index is 0.0444. The van der Waals surface area contributed by atoms with Crippen molar-refractivity contribution in [1.82, 2.24) is 19.9 Å². The second kappa shape index (κ2) is 7.81. The van der Waals surface area contributed by atoms with E-state index in [2.05, 4.69) is 80.8 Å². The van der Waals surface area contributed by atoms with Crippen LogP contribution in [0.5, 0.6) is 0 Å². The number of nitrogens with zero attached hydrogens (tertiary/aromatic N) is 5. The largest absolute Gasteiger partial charge is 0.255 e. The monoisotopic (exact) mass is 459 g/mol. The molecule has 0 radical (unpaired) electrons. The molecule has 1 aliphatic carbocycles. The SMILES string of the molecule is CC1(C)c2ccc(-c3ccc(-c4ncnc(-c5ccccc5C#N)n4)cn3)cc2C(C)(C)C1(C)C. The van der Waals surface area contributed by atoms with Crippen LogP contribution in [-0.4, -0.2) is 19.9 Å². The van der Waals surface area contributed by atoms with Gasteiger partial charge in [-0.15, -0.1) is 0 Å². The second-order valence-corrected chi connectivity index (χ2v) is 10.9. The Morgan fingerprint density at radius 1 is 0.714 bits per heavy atom. The molecular formula is C30H29N5. The molecule has 2 heterocycles. The van der Waals surface area contributed by atoms with Crippen LogP contribution < -0.4 is 0 Å². The smallest absolute Gasteiger partial charge is 0.164 e. The maximum atomic E-state index is 9.42. The molecule has 0 N–H and O–H groups in total. The van der Waals surface area contributed by atoms with Gasteiger partial charge in [-0.25, -0.2) is 15.0 Å². The van der Waals surface area contributed by atoms with Crippen LogP contribution in [0.3, 0.4) is 0 Å². The Hall–Kier alpha value is -3.91. The lowest BCUT2D eigenvalue weighted by atomic mass is 9.59. The van der Waals surface area contributed by atoms with Gasteiger partial charge in [0.1, 0.15) is 6.33 Å². The highest BCUT2D eigenvalue weighted by Gasteiger charge is 2.56. The molecule has 174 valence electrons. The number of rotatable bonds is 3. The number of fused-ring (bicyclic) bond motifs is 1. The lowest BCUT2D eigenvalue weighted by molar-refractivity contribution is 0.125. The van der Waals surface area contributed by atoms with Gasteiger partial charge in [0.25, 0.3) is 0 Å². The molecule has 0 spiro atoms. The van der Waals surface area contributed by atoms with Gasteiger partial charge in [0, 0.05) is 22.9 Å². The van der Waals surface area contributed by atoms with E-state index in [9.17, 15) is 5.26 Å². The van der Waals surface area contributed by atoms with Crippen LogP contribution >= 0.6 is 0 Å². The Morgan fingerprint density at radius 2 is 1.40 bits per heavy atom. The Bertz CT molecular complexity index is 1470. The van der Waals surface area contributed by atoms with Crippen LogP contribution in [0.15, 0.2) is 67.1 Å². The van der Waals surface area contributed by atoms with Crippen molar-refractivity contribution >= 4 is 0 Å². The molecule has 2 aromatic heterocycles. The predicted molar refractivity (Wildman–Crippen MR) is 138 cm³/mol. The molecule has 0 bridgehead atoms. The minimum atomic E-state index is 0.0444. The summed E-state index contributed by atoms with van der Waals surface area (Å²) in [7, 11) is 0. The van der Waals surface area contributed by atoms with Crippen LogP contribution in [0.4, 0.5) is 0 Å². The Morgan fingerprint density at radius 3 is 2.11 bits per heavy atom. The molecule has 5 nitrogen and oxygen atoms in total. The number of hydrogen-bond donors (Lipinski definition) is 0. The summed E-state index contributed by atoms with van der Waals surface area (Å²) in [6.07, 6.45) is 3.28. The predicted octanol–water partition coefficient (Wildman–Crippen LogP) is 6.73. The van der Waals surface area contributed by atoms with Crippen molar-refractivity contribution in [1.29, 1.82) is 5.26 Å². The van der Waals surface area contributed by atoms with E-state index in [1.54, 1.807) is 12.3 Å². The molecular weight excluding hydrogens is 430 g/mol. The highest BCUT2D eigenvalue weighted by atomic mass is 15.0. The van der Waals surface area contributed by atoms with Crippen molar-refractivity contribution in [2.45, 2.75) is 52.4 Å². The summed E-state index contributed by atoms with van der Waals surface area (Å²) in [6.45, 7) is 14.2. The molecule has 0 atom stereocenters. The molecule has 35 heavy (non-hydrogen) atoms. The van der Waals surface area contributed by atoms with Gasteiger partial charge < -0.3 is 0 Å². The molecule has 0 fully saturated rings. The summed E-state index contributed by atoms with van der Waals surface area (Å²) < 4.78 is 0. The van der Waals surface area contributed by atoms with E-state index in [0.717, 1.165) is 16.8 Å². The highest BCUT2D eigenvalue weighted by molar-refractivity contribution is 5.68. The van der Waals surface area contributed by atoms with E-state index in [0.29, 0.717) is 22.8 Å². The lowest BCUT2D eigenvalue weighted by Crippen LogP contribution is -2.42. The zero-order valence-electron chi connectivity index (χ0n) is 21.1. The van der Waals surface area contributed by atoms with Gasteiger partial charge in [-0.2, -0.15) is 5.26 Å². The molecule has 5 rings (SSSR count). The van der Waals surface area contributed by atoms with Crippen molar-refractivity contribution in [3.63, 3.8) is 0 Å². The summed E-state index contributed by atoms with van der Waals surface area (Å²) in [5, 5.41) is 9.42. The van der Waals surface area contributed by atoms with E-state index < -0.39 is 0 Å². The van der Waals surface area contributed by atoms with Gasteiger partial charge in [0.15, 0.2) is 11.6 Å². The van der Waals surface area contributed by atoms with Crippen LogP contribution in [0.25, 0.3) is 34.0 Å². The Labute approximate surface area is 207 Å². The second-order valence-electron chi connectivity index (χ2n) is 10.9. The first-order chi connectivity index (χ1) is 16.6. The maximum absolute atomic E-state index is 9.42. The van der Waals surface area contributed by atoms with Crippen molar-refractivity contribution in [3.8, 4) is 40.1 Å². The number of hydrogen-bond acceptors (Lipinski definition) is 5. The van der Waals surface area contributed by atoms with Gasteiger partial charge in [-0.3, -0.25) is 4.98 Å². The van der Waals surface area contributed by atoms with E-state index >= 15 is 0 Å². The van der Waals surface area contributed by atoms with Crippen LogP contribution in [-0.2, 0) is 10.8 Å². The number of pyridine rings is 1. The molecule has 0 saturated heterocycles. The van der Waals surface area contributed by atoms with Crippen LogP contribution in [0, 0.1) is 16.7 Å². The Balaban J connectivity index is 1.50. The lowest BCUT2D eigenvalue weighted by Gasteiger charge is -2.44. The third-order valence-electron chi connectivity index (χ3n) is 8.67. The van der Waals surface area contributed by atoms with Crippen molar-refractivity contribution < 1.29 is 0 Å². The summed E-state index contributed by atoms with van der Waals surface area (Å²) in [5.41, 5.74) is 7.12. The summed E-state index contributed by atoms with van der Waals surface area (Å²) in [4.78, 5) is 18.0. The quantitative estimate of drug-likeness (QED) is 0.339. The van der Waals surface area contributed by atoms with Crippen LogP contribution in [0.2, 0.25) is 0 Å². The van der Waals surface area contributed by atoms with E-state index in [1.807, 2.05) is 30.3 Å². The summed E-state index contributed by atoms with van der Waals surface area (Å²) in [5.74, 6) is 1.00. The number of aromatic nitrogens is 4. The topological polar surface area (TPSA) is 75.3 Å². The average Bonchev–Trinajstić information content (AvgIpc) is 2.98. The number of nitriles is 1. The molecule has 0 aliphatic heterocycles. The molecule has 0 amide bonds. The molecule has 2 aromatic carbocycles. The van der Waals surface area contributed by atoms with E-state index in [-0.39, 0.29) is 16.2 Å². The van der Waals surface area contributed by atoms with E-state index in [4.69, 9.17) is 4.98 Å². The summed E-state index contributed by atoms with van der Waals surface area (Å²) in [6, 6.07) is 20.3. The van der Waals surface area contributed by atoms with Crippen molar-refractivity contribution in [2.24, 2.45) is 5.41 Å². The van der Waals surface area contributed by atoms with Gasteiger partial charge in [0.05, 0.1) is 17.3 Å². The first-order valence-corrected chi connectivity index (χ1v) is 11.9. The van der Waals surface area contributed by atoms with Gasteiger partial charge in [-0.1, -0.05) is 65.8 Å². The van der Waals surface area contributed by atoms with Crippen LogP contribution in [0.1, 0.15) is 58.2 Å². The minimum Gasteiger partial charge on any atom is -0.255 e. The normalized spacial score (nSPS) is 16.9. The fourth-order valence-electron chi connectivity index (χ4n) is 5.26. The first kappa shape index (κ1) is 22.9. The fraction of sp³-hybridized carbons (Fsp3) is 0.300. The first-order valence-electron chi connectivity index (χ1n) is 11.9.